The minimum Gasteiger partial charge on any atom is -0.309 e. The number of nitrogens with zero attached hydrogens (tertiary/aromatic N) is 1. The smallest absolute Gasteiger partial charge is 0.163 e. The Kier molecular flexibility index (Phi) is 4.30. The second-order valence-corrected chi connectivity index (χ2v) is 4.92. The number of likely N-dealkylation sites (N-methyl/N-ethyl adjacent to an activating group) is 2. The molecule has 1 fully saturated rings. The van der Waals surface area contributed by atoms with E-state index in [1.807, 2.05) is 14.0 Å². The number of benzene rings is 1. The normalized spacial score (nSPS) is 17.2. The third-order valence-corrected chi connectivity index (χ3v) is 3.45. The predicted octanol–water partition coefficient (Wildman–Crippen LogP) is 2.71. The summed E-state index contributed by atoms with van der Waals surface area (Å²) in [4.78, 5) is 2.22. The second-order valence-electron chi connectivity index (χ2n) is 4.92. The highest BCUT2D eigenvalue weighted by molar-refractivity contribution is 5.23. The molecule has 2 rings (SSSR count). The molecule has 1 unspecified atom stereocenters. The maximum atomic E-state index is 13.8. The highest BCUT2D eigenvalue weighted by Gasteiger charge is 2.28. The van der Waals surface area contributed by atoms with E-state index in [4.69, 9.17) is 0 Å². The first-order valence-corrected chi connectivity index (χ1v) is 6.51. The molecule has 0 amide bonds. The molecule has 0 heterocycles. The van der Waals surface area contributed by atoms with Crippen molar-refractivity contribution in [2.75, 3.05) is 20.1 Å². The van der Waals surface area contributed by atoms with E-state index in [1.165, 1.54) is 12.8 Å². The number of nitrogens with one attached hydrogen (secondary N) is 1. The maximum absolute atomic E-state index is 13.8. The summed E-state index contributed by atoms with van der Waals surface area (Å²) in [7, 11) is 2.04. The van der Waals surface area contributed by atoms with Gasteiger partial charge in [-0.15, -0.1) is 0 Å². The van der Waals surface area contributed by atoms with E-state index in [1.54, 1.807) is 12.1 Å². The van der Waals surface area contributed by atoms with E-state index < -0.39 is 11.6 Å². The predicted molar refractivity (Wildman–Crippen MR) is 68.4 cm³/mol. The van der Waals surface area contributed by atoms with Gasteiger partial charge in [0.05, 0.1) is 0 Å². The largest absolute Gasteiger partial charge is 0.309 e. The summed E-state index contributed by atoms with van der Waals surface area (Å²) in [5.74, 6) is -1.50. The number of hydrogen-bond donors (Lipinski definition) is 1. The summed E-state index contributed by atoms with van der Waals surface area (Å²) in [5.41, 5.74) is 0.421. The van der Waals surface area contributed by atoms with E-state index in [0.717, 1.165) is 12.6 Å². The van der Waals surface area contributed by atoms with Gasteiger partial charge in [-0.05, 0) is 32.5 Å². The molecule has 1 N–H and O–H groups in total. The van der Waals surface area contributed by atoms with Gasteiger partial charge in [-0.3, -0.25) is 0 Å². The molecule has 4 heteroatoms. The van der Waals surface area contributed by atoms with E-state index in [9.17, 15) is 8.78 Å². The summed E-state index contributed by atoms with van der Waals surface area (Å²) >= 11 is 0. The Bertz CT molecular complexity index is 405. The van der Waals surface area contributed by atoms with Crippen molar-refractivity contribution < 1.29 is 8.78 Å². The lowest BCUT2D eigenvalue weighted by atomic mass is 10.1. The molecule has 0 saturated heterocycles. The van der Waals surface area contributed by atoms with Gasteiger partial charge < -0.3 is 10.2 Å². The molecule has 2 nitrogen and oxygen atoms in total. The van der Waals surface area contributed by atoms with Gasteiger partial charge in [0.2, 0.25) is 0 Å². The molecule has 1 atom stereocenters. The fourth-order valence-electron chi connectivity index (χ4n) is 2.26. The minimum atomic E-state index is -0.774. The van der Waals surface area contributed by atoms with E-state index >= 15 is 0 Å². The van der Waals surface area contributed by atoms with Gasteiger partial charge in [0.15, 0.2) is 11.6 Å². The van der Waals surface area contributed by atoms with Crippen LogP contribution in [0.2, 0.25) is 0 Å². The lowest BCUT2D eigenvalue weighted by Gasteiger charge is -2.25. The zero-order chi connectivity index (χ0) is 13.1. The average Bonchev–Trinajstić information content (AvgIpc) is 3.16. The highest BCUT2D eigenvalue weighted by Crippen LogP contribution is 2.28. The molecular weight excluding hydrogens is 234 g/mol. The van der Waals surface area contributed by atoms with Gasteiger partial charge in [0.25, 0.3) is 0 Å². The van der Waals surface area contributed by atoms with Crippen LogP contribution in [-0.2, 0) is 0 Å². The van der Waals surface area contributed by atoms with Crippen LogP contribution in [0.1, 0.15) is 31.4 Å². The van der Waals surface area contributed by atoms with Gasteiger partial charge in [-0.1, -0.05) is 19.1 Å². The molecule has 1 aliphatic rings. The van der Waals surface area contributed by atoms with Crippen molar-refractivity contribution in [1.82, 2.24) is 10.2 Å². The number of rotatable bonds is 6. The van der Waals surface area contributed by atoms with Crippen LogP contribution in [0.25, 0.3) is 0 Å². The van der Waals surface area contributed by atoms with Crippen LogP contribution in [0.3, 0.4) is 0 Å². The Morgan fingerprint density at radius 3 is 2.72 bits per heavy atom. The first-order chi connectivity index (χ1) is 8.63. The van der Waals surface area contributed by atoms with Crippen molar-refractivity contribution in [3.8, 4) is 0 Å². The molecule has 100 valence electrons. The van der Waals surface area contributed by atoms with E-state index in [2.05, 4.69) is 10.2 Å². The minimum absolute atomic E-state index is 0.156. The van der Waals surface area contributed by atoms with Gasteiger partial charge in [0, 0.05) is 24.2 Å². The van der Waals surface area contributed by atoms with Gasteiger partial charge in [-0.2, -0.15) is 0 Å². The second kappa shape index (κ2) is 5.76. The van der Waals surface area contributed by atoms with Crippen molar-refractivity contribution in [2.45, 2.75) is 31.8 Å². The average molecular weight is 254 g/mol. The van der Waals surface area contributed by atoms with Crippen LogP contribution >= 0.6 is 0 Å². The lowest BCUT2D eigenvalue weighted by molar-refractivity contribution is 0.279. The summed E-state index contributed by atoms with van der Waals surface area (Å²) in [6.07, 6.45) is 2.42. The summed E-state index contributed by atoms with van der Waals surface area (Å²) in [6.45, 7) is 3.42. The molecule has 0 spiro atoms. The fourth-order valence-corrected chi connectivity index (χ4v) is 2.26. The first kappa shape index (κ1) is 13.4. The van der Waals surface area contributed by atoms with Crippen molar-refractivity contribution in [2.24, 2.45) is 0 Å². The Labute approximate surface area is 107 Å². The topological polar surface area (TPSA) is 15.3 Å². The monoisotopic (exact) mass is 254 g/mol. The maximum Gasteiger partial charge on any atom is 0.163 e. The molecule has 0 aromatic heterocycles. The van der Waals surface area contributed by atoms with Crippen molar-refractivity contribution in [3.63, 3.8) is 0 Å². The standard InChI is InChI=1S/C14H20F2N2/c1-3-17-13(9-18(2)10-7-8-10)11-5-4-6-12(15)14(11)16/h4-6,10,13,17H,3,7-9H2,1-2H3. The molecule has 0 aliphatic heterocycles. The van der Waals surface area contributed by atoms with Gasteiger partial charge in [0.1, 0.15) is 0 Å². The van der Waals surface area contributed by atoms with Crippen molar-refractivity contribution in [1.29, 1.82) is 0 Å². The molecular formula is C14H20F2N2. The van der Waals surface area contributed by atoms with Crippen LogP contribution in [-0.4, -0.2) is 31.1 Å². The van der Waals surface area contributed by atoms with E-state index in [0.29, 0.717) is 18.2 Å². The van der Waals surface area contributed by atoms with Crippen LogP contribution in [0.5, 0.6) is 0 Å². The summed E-state index contributed by atoms with van der Waals surface area (Å²) in [5, 5.41) is 3.23. The zero-order valence-corrected chi connectivity index (χ0v) is 10.9. The highest BCUT2D eigenvalue weighted by atomic mass is 19.2. The summed E-state index contributed by atoms with van der Waals surface area (Å²) in [6, 6.07) is 4.84. The molecule has 18 heavy (non-hydrogen) atoms. The Morgan fingerprint density at radius 2 is 2.11 bits per heavy atom. The Balaban J connectivity index is 2.14. The molecule has 1 aliphatic carbocycles. The Morgan fingerprint density at radius 1 is 1.39 bits per heavy atom. The van der Waals surface area contributed by atoms with Gasteiger partial charge in [-0.25, -0.2) is 8.78 Å². The van der Waals surface area contributed by atoms with Crippen LogP contribution in [0, 0.1) is 11.6 Å². The molecule has 0 bridgehead atoms. The SMILES string of the molecule is CCNC(CN(C)C1CC1)c1cccc(F)c1F. The third-order valence-electron chi connectivity index (χ3n) is 3.45. The van der Waals surface area contributed by atoms with Gasteiger partial charge >= 0.3 is 0 Å². The fraction of sp³-hybridized carbons (Fsp3) is 0.571. The van der Waals surface area contributed by atoms with Crippen molar-refractivity contribution in [3.05, 3.63) is 35.4 Å². The molecule has 1 saturated carbocycles. The first-order valence-electron chi connectivity index (χ1n) is 6.51. The number of halogens is 2. The molecule has 1 aromatic carbocycles. The van der Waals surface area contributed by atoms with Crippen LogP contribution in [0.15, 0.2) is 18.2 Å². The zero-order valence-electron chi connectivity index (χ0n) is 10.9. The van der Waals surface area contributed by atoms with E-state index in [-0.39, 0.29) is 6.04 Å². The molecule has 1 aromatic rings. The quantitative estimate of drug-likeness (QED) is 0.839. The number of hydrogen-bond acceptors (Lipinski definition) is 2. The lowest BCUT2D eigenvalue weighted by Crippen LogP contribution is -2.34. The summed E-state index contributed by atoms with van der Waals surface area (Å²) < 4.78 is 27.1. The van der Waals surface area contributed by atoms with Crippen molar-refractivity contribution >= 4 is 0 Å². The third kappa shape index (κ3) is 3.06. The van der Waals surface area contributed by atoms with Crippen LogP contribution < -0.4 is 5.32 Å². The Hall–Kier alpha value is -1.00. The molecule has 0 radical (unpaired) electrons. The van der Waals surface area contributed by atoms with Crippen LogP contribution in [0.4, 0.5) is 8.78 Å².